The number of nitro groups is 1. The van der Waals surface area contributed by atoms with Crippen LogP contribution in [-0.2, 0) is 5.41 Å². The minimum absolute atomic E-state index is 0.00111. The summed E-state index contributed by atoms with van der Waals surface area (Å²) in [7, 11) is 0. The fourth-order valence-corrected chi connectivity index (χ4v) is 3.68. The van der Waals surface area contributed by atoms with Gasteiger partial charge in [0.2, 0.25) is 0 Å². The maximum atomic E-state index is 12.3. The quantitative estimate of drug-likeness (QED) is 0.608. The molecule has 2 amide bonds. The van der Waals surface area contributed by atoms with Crippen LogP contribution >= 0.6 is 0 Å². The van der Waals surface area contributed by atoms with E-state index in [9.17, 15) is 14.9 Å². The van der Waals surface area contributed by atoms with E-state index in [-0.39, 0.29) is 17.1 Å². The summed E-state index contributed by atoms with van der Waals surface area (Å²) in [5, 5.41) is 16.4. The minimum atomic E-state index is -0.462. The average molecular weight is 353 g/mol. The first-order chi connectivity index (χ1) is 12.6. The summed E-state index contributed by atoms with van der Waals surface area (Å²) >= 11 is 0. The molecular weight excluding hydrogens is 330 g/mol. The SMILES string of the molecule is O=C(NCC1(c2ccccc2)CCCCC1)Nc1ccc([N+](=O)[O-])cc1. The number of rotatable bonds is 5. The molecule has 6 heteroatoms. The van der Waals surface area contributed by atoms with Crippen molar-refractivity contribution in [1.82, 2.24) is 5.32 Å². The zero-order chi connectivity index (χ0) is 18.4. The van der Waals surface area contributed by atoms with Gasteiger partial charge in [-0.25, -0.2) is 4.79 Å². The zero-order valence-corrected chi connectivity index (χ0v) is 14.6. The predicted molar refractivity (Wildman–Crippen MR) is 101 cm³/mol. The summed E-state index contributed by atoms with van der Waals surface area (Å²) in [6.07, 6.45) is 5.70. The number of urea groups is 1. The first-order valence-electron chi connectivity index (χ1n) is 8.94. The average Bonchev–Trinajstić information content (AvgIpc) is 2.68. The second-order valence-corrected chi connectivity index (χ2v) is 6.82. The lowest BCUT2D eigenvalue weighted by Gasteiger charge is -2.38. The third kappa shape index (κ3) is 4.20. The molecule has 3 rings (SSSR count). The van der Waals surface area contributed by atoms with E-state index in [0.29, 0.717) is 12.2 Å². The summed E-state index contributed by atoms with van der Waals surface area (Å²) in [6, 6.07) is 15.9. The Kier molecular flexibility index (Phi) is 5.51. The topological polar surface area (TPSA) is 84.3 Å². The second-order valence-electron chi connectivity index (χ2n) is 6.82. The number of hydrogen-bond donors (Lipinski definition) is 2. The lowest BCUT2D eigenvalue weighted by atomic mass is 9.69. The van der Waals surface area contributed by atoms with Gasteiger partial charge in [-0.3, -0.25) is 10.1 Å². The number of non-ortho nitro benzene ring substituents is 1. The first kappa shape index (κ1) is 17.9. The Hall–Kier alpha value is -2.89. The van der Waals surface area contributed by atoms with E-state index in [4.69, 9.17) is 0 Å². The molecule has 0 spiro atoms. The van der Waals surface area contributed by atoms with Gasteiger partial charge in [0.1, 0.15) is 0 Å². The van der Waals surface area contributed by atoms with Crippen molar-refractivity contribution in [3.63, 3.8) is 0 Å². The number of nitrogens with zero attached hydrogens (tertiary/aromatic N) is 1. The molecule has 1 aliphatic rings. The van der Waals surface area contributed by atoms with E-state index in [2.05, 4.69) is 22.8 Å². The fourth-order valence-electron chi connectivity index (χ4n) is 3.68. The van der Waals surface area contributed by atoms with Gasteiger partial charge in [0.05, 0.1) is 4.92 Å². The maximum Gasteiger partial charge on any atom is 0.319 e. The van der Waals surface area contributed by atoms with Crippen LogP contribution in [0.15, 0.2) is 54.6 Å². The summed E-state index contributed by atoms with van der Waals surface area (Å²) < 4.78 is 0. The number of carbonyl (C=O) groups is 1. The molecule has 0 atom stereocenters. The summed E-state index contributed by atoms with van der Waals surface area (Å²) in [4.78, 5) is 22.5. The van der Waals surface area contributed by atoms with Gasteiger partial charge in [0.15, 0.2) is 0 Å². The Labute approximate surface area is 152 Å². The van der Waals surface area contributed by atoms with E-state index < -0.39 is 4.92 Å². The highest BCUT2D eigenvalue weighted by Crippen LogP contribution is 2.38. The van der Waals surface area contributed by atoms with Crippen LogP contribution in [0.2, 0.25) is 0 Å². The van der Waals surface area contributed by atoms with E-state index in [1.165, 1.54) is 49.1 Å². The highest BCUT2D eigenvalue weighted by molar-refractivity contribution is 5.89. The molecule has 0 heterocycles. The molecule has 6 nitrogen and oxygen atoms in total. The first-order valence-corrected chi connectivity index (χ1v) is 8.94. The monoisotopic (exact) mass is 353 g/mol. The molecule has 136 valence electrons. The van der Waals surface area contributed by atoms with Crippen molar-refractivity contribution in [2.45, 2.75) is 37.5 Å². The number of amides is 2. The number of benzene rings is 2. The summed E-state index contributed by atoms with van der Waals surface area (Å²) in [5.74, 6) is 0. The highest BCUT2D eigenvalue weighted by Gasteiger charge is 2.34. The molecule has 1 saturated carbocycles. The second kappa shape index (κ2) is 7.99. The van der Waals surface area contributed by atoms with Gasteiger partial charge in [-0.1, -0.05) is 49.6 Å². The van der Waals surface area contributed by atoms with E-state index in [1.807, 2.05) is 18.2 Å². The molecule has 2 aromatic rings. The Morgan fingerprint density at radius 2 is 1.65 bits per heavy atom. The molecule has 1 fully saturated rings. The van der Waals surface area contributed by atoms with Crippen LogP contribution in [0.5, 0.6) is 0 Å². The van der Waals surface area contributed by atoms with Crippen LogP contribution in [0.3, 0.4) is 0 Å². The standard InChI is InChI=1S/C20H23N3O3/c24-19(22-17-9-11-18(12-10-17)23(25)26)21-15-20(13-5-2-6-14-20)16-7-3-1-4-8-16/h1,3-4,7-12H,2,5-6,13-15H2,(H2,21,22,24). The molecule has 2 N–H and O–H groups in total. The summed E-state index contributed by atoms with van der Waals surface area (Å²) in [6.45, 7) is 0.579. The molecule has 0 bridgehead atoms. The molecule has 0 radical (unpaired) electrons. The van der Waals surface area contributed by atoms with E-state index in [0.717, 1.165) is 12.8 Å². The summed E-state index contributed by atoms with van der Waals surface area (Å²) in [5.41, 5.74) is 1.79. The predicted octanol–water partition coefficient (Wildman–Crippen LogP) is 4.62. The van der Waals surface area contributed by atoms with Crippen molar-refractivity contribution >= 4 is 17.4 Å². The van der Waals surface area contributed by atoms with Gasteiger partial charge in [-0.2, -0.15) is 0 Å². The highest BCUT2D eigenvalue weighted by atomic mass is 16.6. The van der Waals surface area contributed by atoms with Crippen LogP contribution in [0.4, 0.5) is 16.2 Å². The smallest absolute Gasteiger partial charge is 0.319 e. The molecule has 0 unspecified atom stereocenters. The van der Waals surface area contributed by atoms with Crippen molar-refractivity contribution in [2.75, 3.05) is 11.9 Å². The Morgan fingerprint density at radius 3 is 2.27 bits per heavy atom. The Morgan fingerprint density at radius 1 is 1.00 bits per heavy atom. The van der Waals surface area contributed by atoms with Crippen molar-refractivity contribution in [2.24, 2.45) is 0 Å². The Balaban J connectivity index is 1.63. The lowest BCUT2D eigenvalue weighted by Crippen LogP contribution is -2.43. The molecular formula is C20H23N3O3. The normalized spacial score (nSPS) is 15.8. The van der Waals surface area contributed by atoms with Crippen LogP contribution in [0, 0.1) is 10.1 Å². The van der Waals surface area contributed by atoms with Crippen molar-refractivity contribution < 1.29 is 9.72 Å². The number of nitro benzene ring substituents is 1. The molecule has 1 aliphatic carbocycles. The van der Waals surface area contributed by atoms with Crippen LogP contribution in [-0.4, -0.2) is 17.5 Å². The number of carbonyl (C=O) groups excluding carboxylic acids is 1. The number of anilines is 1. The molecule has 2 aromatic carbocycles. The van der Waals surface area contributed by atoms with Crippen molar-refractivity contribution in [3.8, 4) is 0 Å². The lowest BCUT2D eigenvalue weighted by molar-refractivity contribution is -0.384. The van der Waals surface area contributed by atoms with Gasteiger partial charge in [-0.15, -0.1) is 0 Å². The third-order valence-corrected chi connectivity index (χ3v) is 5.12. The Bertz CT molecular complexity index is 754. The third-order valence-electron chi connectivity index (χ3n) is 5.12. The number of hydrogen-bond acceptors (Lipinski definition) is 3. The largest absolute Gasteiger partial charge is 0.337 e. The van der Waals surface area contributed by atoms with Crippen molar-refractivity contribution in [3.05, 3.63) is 70.3 Å². The molecule has 26 heavy (non-hydrogen) atoms. The van der Waals surface area contributed by atoms with Crippen molar-refractivity contribution in [1.29, 1.82) is 0 Å². The number of nitrogens with one attached hydrogen (secondary N) is 2. The van der Waals surface area contributed by atoms with Crippen LogP contribution < -0.4 is 10.6 Å². The van der Waals surface area contributed by atoms with Gasteiger partial charge >= 0.3 is 6.03 Å². The van der Waals surface area contributed by atoms with Crippen LogP contribution in [0.1, 0.15) is 37.7 Å². The molecule has 0 aliphatic heterocycles. The molecule has 0 saturated heterocycles. The fraction of sp³-hybridized carbons (Fsp3) is 0.350. The molecule has 0 aromatic heterocycles. The zero-order valence-electron chi connectivity index (χ0n) is 14.6. The van der Waals surface area contributed by atoms with Gasteiger partial charge in [0, 0.05) is 29.8 Å². The maximum absolute atomic E-state index is 12.3. The van der Waals surface area contributed by atoms with Gasteiger partial charge in [0.25, 0.3) is 5.69 Å². The van der Waals surface area contributed by atoms with Gasteiger partial charge in [-0.05, 0) is 30.5 Å². The minimum Gasteiger partial charge on any atom is -0.337 e. The van der Waals surface area contributed by atoms with Crippen LogP contribution in [0.25, 0.3) is 0 Å². The van der Waals surface area contributed by atoms with E-state index >= 15 is 0 Å². The van der Waals surface area contributed by atoms with Gasteiger partial charge < -0.3 is 10.6 Å². The van der Waals surface area contributed by atoms with E-state index in [1.54, 1.807) is 0 Å².